The van der Waals surface area contributed by atoms with Gasteiger partial charge in [0.15, 0.2) is 0 Å². The van der Waals surface area contributed by atoms with Crippen LogP contribution >= 0.6 is 0 Å². The maximum atomic E-state index is 9.33. The molecule has 4 nitrogen and oxygen atoms in total. The third-order valence-corrected chi connectivity index (χ3v) is 2.90. The van der Waals surface area contributed by atoms with E-state index in [-0.39, 0.29) is 0 Å². The minimum atomic E-state index is -0.585. The van der Waals surface area contributed by atoms with Crippen molar-refractivity contribution in [1.82, 2.24) is 0 Å². The summed E-state index contributed by atoms with van der Waals surface area (Å²) in [5.74, 6) is 0.709. The van der Waals surface area contributed by atoms with E-state index in [9.17, 15) is 5.26 Å². The van der Waals surface area contributed by atoms with E-state index in [4.69, 9.17) is 10.00 Å². The van der Waals surface area contributed by atoms with Crippen LogP contribution in [-0.2, 0) is 0 Å². The number of anilines is 1. The topological polar surface area (TPSA) is 68.8 Å². The Morgan fingerprint density at radius 2 is 1.90 bits per heavy atom. The molecule has 2 rings (SSSR count). The number of hydrogen-bond acceptors (Lipinski definition) is 4. The van der Waals surface area contributed by atoms with Gasteiger partial charge in [-0.2, -0.15) is 10.5 Å². The van der Waals surface area contributed by atoms with Crippen molar-refractivity contribution >= 4 is 5.69 Å². The first-order valence-corrected chi connectivity index (χ1v) is 6.07. The van der Waals surface area contributed by atoms with E-state index in [0.29, 0.717) is 16.9 Å². The Labute approximate surface area is 117 Å². The largest absolute Gasteiger partial charge is 0.497 e. The van der Waals surface area contributed by atoms with Crippen LogP contribution < -0.4 is 10.1 Å². The Kier molecular flexibility index (Phi) is 4.21. The van der Waals surface area contributed by atoms with Crippen molar-refractivity contribution < 1.29 is 4.74 Å². The summed E-state index contributed by atoms with van der Waals surface area (Å²) in [4.78, 5) is 0. The van der Waals surface area contributed by atoms with Gasteiger partial charge in [-0.1, -0.05) is 24.3 Å². The SMILES string of the molecule is COc1cccc(NC(C#N)c2ccccc2C#N)c1. The molecular formula is C16H13N3O. The molecule has 4 heteroatoms. The Bertz CT molecular complexity index is 683. The lowest BCUT2D eigenvalue weighted by molar-refractivity contribution is 0.415. The van der Waals surface area contributed by atoms with Crippen molar-refractivity contribution in [2.75, 3.05) is 12.4 Å². The molecule has 1 unspecified atom stereocenters. The molecule has 1 atom stereocenters. The number of nitrogens with zero attached hydrogens (tertiary/aromatic N) is 2. The predicted octanol–water partition coefficient (Wildman–Crippen LogP) is 3.24. The minimum absolute atomic E-state index is 0.495. The van der Waals surface area contributed by atoms with Crippen molar-refractivity contribution in [2.24, 2.45) is 0 Å². The van der Waals surface area contributed by atoms with Gasteiger partial charge in [0.05, 0.1) is 24.8 Å². The molecule has 0 aliphatic heterocycles. The molecule has 0 aromatic heterocycles. The second-order valence-electron chi connectivity index (χ2n) is 4.14. The second kappa shape index (κ2) is 6.26. The zero-order chi connectivity index (χ0) is 14.4. The van der Waals surface area contributed by atoms with Crippen LogP contribution in [0.5, 0.6) is 5.75 Å². The van der Waals surface area contributed by atoms with Crippen molar-refractivity contribution in [3.63, 3.8) is 0 Å². The maximum absolute atomic E-state index is 9.33. The summed E-state index contributed by atoms with van der Waals surface area (Å²) >= 11 is 0. The molecule has 0 aliphatic carbocycles. The highest BCUT2D eigenvalue weighted by atomic mass is 16.5. The van der Waals surface area contributed by atoms with Crippen LogP contribution in [0.25, 0.3) is 0 Å². The Balaban J connectivity index is 2.30. The number of benzene rings is 2. The molecule has 0 heterocycles. The molecule has 0 fully saturated rings. The third kappa shape index (κ3) is 2.88. The summed E-state index contributed by atoms with van der Waals surface area (Å²) in [5, 5.41) is 21.5. The Morgan fingerprint density at radius 1 is 1.10 bits per heavy atom. The molecule has 0 amide bonds. The summed E-state index contributed by atoms with van der Waals surface area (Å²) in [6, 6.07) is 18.1. The van der Waals surface area contributed by atoms with Crippen molar-refractivity contribution in [1.29, 1.82) is 10.5 Å². The summed E-state index contributed by atoms with van der Waals surface area (Å²) in [6.07, 6.45) is 0. The predicted molar refractivity (Wildman–Crippen MR) is 76.1 cm³/mol. The molecule has 2 aromatic carbocycles. The highest BCUT2D eigenvalue weighted by molar-refractivity contribution is 5.53. The van der Waals surface area contributed by atoms with Gasteiger partial charge in [0.2, 0.25) is 0 Å². The van der Waals surface area contributed by atoms with E-state index in [1.807, 2.05) is 24.3 Å². The van der Waals surface area contributed by atoms with Crippen LogP contribution in [0.3, 0.4) is 0 Å². The standard InChI is InChI=1S/C16H13N3O/c1-20-14-7-4-6-13(9-14)19-16(11-18)15-8-3-2-5-12(15)10-17/h2-9,16,19H,1H3. The number of rotatable bonds is 4. The van der Waals surface area contributed by atoms with Crippen molar-refractivity contribution in [3.8, 4) is 17.9 Å². The first-order valence-electron chi connectivity index (χ1n) is 6.07. The van der Waals surface area contributed by atoms with Gasteiger partial charge in [0, 0.05) is 17.3 Å². The lowest BCUT2D eigenvalue weighted by atomic mass is 10.0. The van der Waals surface area contributed by atoms with Crippen LogP contribution in [0, 0.1) is 22.7 Å². The zero-order valence-electron chi connectivity index (χ0n) is 11.0. The monoisotopic (exact) mass is 263 g/mol. The van der Waals surface area contributed by atoms with Crippen LogP contribution in [-0.4, -0.2) is 7.11 Å². The molecule has 0 bridgehead atoms. The molecule has 0 saturated heterocycles. The first kappa shape index (κ1) is 13.5. The lowest BCUT2D eigenvalue weighted by Crippen LogP contribution is -2.10. The van der Waals surface area contributed by atoms with Gasteiger partial charge < -0.3 is 10.1 Å². The second-order valence-corrected chi connectivity index (χ2v) is 4.14. The molecule has 20 heavy (non-hydrogen) atoms. The van der Waals surface area contributed by atoms with E-state index in [2.05, 4.69) is 17.5 Å². The third-order valence-electron chi connectivity index (χ3n) is 2.90. The highest BCUT2D eigenvalue weighted by Crippen LogP contribution is 2.24. The van der Waals surface area contributed by atoms with E-state index in [1.54, 1.807) is 31.4 Å². The fourth-order valence-corrected chi connectivity index (χ4v) is 1.91. The summed E-state index contributed by atoms with van der Waals surface area (Å²) < 4.78 is 5.15. The molecule has 0 saturated carbocycles. The van der Waals surface area contributed by atoms with Crippen molar-refractivity contribution in [2.45, 2.75) is 6.04 Å². The normalized spacial score (nSPS) is 10.9. The zero-order valence-corrected chi connectivity index (χ0v) is 11.0. The van der Waals surface area contributed by atoms with Gasteiger partial charge in [-0.05, 0) is 18.2 Å². The smallest absolute Gasteiger partial charge is 0.141 e. The number of nitrogens with one attached hydrogen (secondary N) is 1. The average Bonchev–Trinajstić information content (AvgIpc) is 2.52. The number of hydrogen-bond donors (Lipinski definition) is 1. The molecule has 0 aliphatic rings. The molecule has 1 N–H and O–H groups in total. The van der Waals surface area contributed by atoms with Gasteiger partial charge in [-0.3, -0.25) is 0 Å². The fourth-order valence-electron chi connectivity index (χ4n) is 1.91. The van der Waals surface area contributed by atoms with E-state index in [0.717, 1.165) is 5.69 Å². The highest BCUT2D eigenvalue weighted by Gasteiger charge is 2.14. The van der Waals surface area contributed by atoms with Gasteiger partial charge in [0.1, 0.15) is 11.8 Å². The maximum Gasteiger partial charge on any atom is 0.141 e. The van der Waals surface area contributed by atoms with Crippen molar-refractivity contribution in [3.05, 3.63) is 59.7 Å². The Morgan fingerprint density at radius 3 is 2.60 bits per heavy atom. The Hall–Kier alpha value is -2.98. The lowest BCUT2D eigenvalue weighted by Gasteiger charge is -2.15. The molecule has 0 spiro atoms. The van der Waals surface area contributed by atoms with Crippen LogP contribution in [0.2, 0.25) is 0 Å². The van der Waals surface area contributed by atoms with Crippen LogP contribution in [0.4, 0.5) is 5.69 Å². The van der Waals surface area contributed by atoms with E-state index >= 15 is 0 Å². The summed E-state index contributed by atoms with van der Waals surface area (Å²) in [7, 11) is 1.59. The fraction of sp³-hybridized carbons (Fsp3) is 0.125. The van der Waals surface area contributed by atoms with Crippen LogP contribution in [0.15, 0.2) is 48.5 Å². The van der Waals surface area contributed by atoms with E-state index < -0.39 is 6.04 Å². The van der Waals surface area contributed by atoms with Gasteiger partial charge in [-0.15, -0.1) is 0 Å². The van der Waals surface area contributed by atoms with E-state index in [1.165, 1.54) is 0 Å². The van der Waals surface area contributed by atoms with Crippen LogP contribution in [0.1, 0.15) is 17.2 Å². The number of nitriles is 2. The average molecular weight is 263 g/mol. The molecule has 0 radical (unpaired) electrons. The first-order chi connectivity index (χ1) is 9.78. The van der Waals surface area contributed by atoms with Gasteiger partial charge in [-0.25, -0.2) is 0 Å². The molecule has 98 valence electrons. The number of methoxy groups -OCH3 is 1. The van der Waals surface area contributed by atoms with Gasteiger partial charge in [0.25, 0.3) is 0 Å². The molecular weight excluding hydrogens is 250 g/mol. The quantitative estimate of drug-likeness (QED) is 0.919. The summed E-state index contributed by atoms with van der Waals surface area (Å²) in [6.45, 7) is 0. The molecule has 2 aromatic rings. The van der Waals surface area contributed by atoms with Gasteiger partial charge >= 0.3 is 0 Å². The number of ether oxygens (including phenoxy) is 1. The summed E-state index contributed by atoms with van der Waals surface area (Å²) in [5.41, 5.74) is 1.93. The minimum Gasteiger partial charge on any atom is -0.497 e.